The lowest BCUT2D eigenvalue weighted by Gasteiger charge is -2.39. The standard InChI is InChI=1S/C16H32N6O3S.HI/c1-14(15(23)21-8-4-5-9-21)20-10-12-22(13-11-20)16(17-2)18-6-7-19-26(3,24)25;/h14,19H,4-13H2,1-3H3,(H,17,18);1H. The Hall–Kier alpha value is -0.660. The van der Waals surface area contributed by atoms with Crippen molar-refractivity contribution >= 4 is 45.9 Å². The third kappa shape index (κ3) is 7.70. The first-order chi connectivity index (χ1) is 12.3. The highest BCUT2D eigenvalue weighted by molar-refractivity contribution is 14.0. The molecule has 2 saturated heterocycles. The van der Waals surface area contributed by atoms with Crippen molar-refractivity contribution in [2.75, 3.05) is 65.7 Å². The van der Waals surface area contributed by atoms with Gasteiger partial charge in [0.15, 0.2) is 5.96 Å². The summed E-state index contributed by atoms with van der Waals surface area (Å²) in [6, 6.07) is -0.0795. The zero-order valence-electron chi connectivity index (χ0n) is 16.5. The van der Waals surface area contributed by atoms with Gasteiger partial charge < -0.3 is 15.1 Å². The molecular formula is C16H33IN6O3S. The first kappa shape index (κ1) is 24.4. The van der Waals surface area contributed by atoms with Gasteiger partial charge in [0.2, 0.25) is 15.9 Å². The summed E-state index contributed by atoms with van der Waals surface area (Å²) in [5.74, 6) is 1.00. The molecule has 2 aliphatic rings. The van der Waals surface area contributed by atoms with E-state index in [1.807, 2.05) is 11.8 Å². The van der Waals surface area contributed by atoms with Gasteiger partial charge >= 0.3 is 0 Å². The molecule has 0 aromatic carbocycles. The third-order valence-corrected chi connectivity index (χ3v) is 5.65. The van der Waals surface area contributed by atoms with Gasteiger partial charge in [-0.05, 0) is 19.8 Å². The molecule has 9 nitrogen and oxygen atoms in total. The van der Waals surface area contributed by atoms with E-state index in [-0.39, 0.29) is 35.9 Å². The minimum absolute atomic E-state index is 0. The molecule has 11 heteroatoms. The van der Waals surface area contributed by atoms with Gasteiger partial charge in [0, 0.05) is 59.4 Å². The van der Waals surface area contributed by atoms with Crippen molar-refractivity contribution in [2.24, 2.45) is 4.99 Å². The van der Waals surface area contributed by atoms with Gasteiger partial charge in [0.05, 0.1) is 12.3 Å². The highest BCUT2D eigenvalue weighted by atomic mass is 127. The Balaban J connectivity index is 0.00000364. The van der Waals surface area contributed by atoms with E-state index in [2.05, 4.69) is 24.8 Å². The van der Waals surface area contributed by atoms with Crippen LogP contribution in [-0.4, -0.2) is 107 Å². The van der Waals surface area contributed by atoms with Gasteiger partial charge in [0.1, 0.15) is 0 Å². The molecule has 0 spiro atoms. The maximum atomic E-state index is 12.6. The fourth-order valence-corrected chi connectivity index (χ4v) is 3.89. The average Bonchev–Trinajstić information content (AvgIpc) is 3.14. The summed E-state index contributed by atoms with van der Waals surface area (Å²) >= 11 is 0. The first-order valence-electron chi connectivity index (χ1n) is 9.25. The van der Waals surface area contributed by atoms with E-state index in [0.717, 1.165) is 64.3 Å². The smallest absolute Gasteiger partial charge is 0.239 e. The number of nitrogens with one attached hydrogen (secondary N) is 2. The Morgan fingerprint density at radius 2 is 1.63 bits per heavy atom. The van der Waals surface area contributed by atoms with Crippen molar-refractivity contribution < 1.29 is 13.2 Å². The summed E-state index contributed by atoms with van der Waals surface area (Å²) in [5.41, 5.74) is 0. The van der Waals surface area contributed by atoms with Crippen LogP contribution in [-0.2, 0) is 14.8 Å². The van der Waals surface area contributed by atoms with Crippen LogP contribution in [0.1, 0.15) is 19.8 Å². The number of nitrogens with zero attached hydrogens (tertiary/aromatic N) is 4. The number of carbonyl (C=O) groups excluding carboxylic acids is 1. The van der Waals surface area contributed by atoms with Gasteiger partial charge in [-0.1, -0.05) is 0 Å². The molecule has 158 valence electrons. The molecule has 0 aliphatic carbocycles. The van der Waals surface area contributed by atoms with Crippen molar-refractivity contribution in [1.82, 2.24) is 24.7 Å². The first-order valence-corrected chi connectivity index (χ1v) is 11.1. The van der Waals surface area contributed by atoms with E-state index in [4.69, 9.17) is 0 Å². The Bertz CT molecular complexity index is 601. The lowest BCUT2D eigenvalue weighted by Crippen LogP contribution is -2.57. The topological polar surface area (TPSA) is 97.3 Å². The van der Waals surface area contributed by atoms with Crippen molar-refractivity contribution in [3.8, 4) is 0 Å². The van der Waals surface area contributed by atoms with E-state index >= 15 is 0 Å². The van der Waals surface area contributed by atoms with E-state index in [9.17, 15) is 13.2 Å². The van der Waals surface area contributed by atoms with Crippen LogP contribution >= 0.6 is 24.0 Å². The van der Waals surface area contributed by atoms with E-state index < -0.39 is 10.0 Å². The molecule has 0 bridgehead atoms. The highest BCUT2D eigenvalue weighted by Crippen LogP contribution is 2.14. The molecule has 2 rings (SSSR count). The van der Waals surface area contributed by atoms with Crippen molar-refractivity contribution in [1.29, 1.82) is 0 Å². The predicted molar refractivity (Wildman–Crippen MR) is 118 cm³/mol. The molecule has 27 heavy (non-hydrogen) atoms. The van der Waals surface area contributed by atoms with Gasteiger partial charge in [-0.3, -0.25) is 14.7 Å². The van der Waals surface area contributed by atoms with E-state index in [1.54, 1.807) is 7.05 Å². The SMILES string of the molecule is CN=C(NCCNS(C)(=O)=O)N1CCN(C(C)C(=O)N2CCCC2)CC1.I. The number of carbonyl (C=O) groups is 1. The van der Waals surface area contributed by atoms with Crippen LogP contribution in [0, 0.1) is 0 Å². The molecule has 2 aliphatic heterocycles. The third-order valence-electron chi connectivity index (χ3n) is 4.92. The van der Waals surface area contributed by atoms with Crippen LogP contribution in [0.15, 0.2) is 4.99 Å². The Morgan fingerprint density at radius 1 is 1.04 bits per heavy atom. The number of hydrogen-bond donors (Lipinski definition) is 2. The molecule has 1 amide bonds. The summed E-state index contributed by atoms with van der Waals surface area (Å²) in [6.07, 6.45) is 3.37. The number of aliphatic imine (C=N–C) groups is 1. The summed E-state index contributed by atoms with van der Waals surface area (Å²) in [6.45, 7) is 7.77. The molecular weight excluding hydrogens is 483 g/mol. The van der Waals surface area contributed by atoms with Crippen LogP contribution in [0.4, 0.5) is 0 Å². The fraction of sp³-hybridized carbons (Fsp3) is 0.875. The summed E-state index contributed by atoms with van der Waals surface area (Å²) in [7, 11) is -1.45. The van der Waals surface area contributed by atoms with E-state index in [0.29, 0.717) is 13.1 Å². The molecule has 2 fully saturated rings. The lowest BCUT2D eigenvalue weighted by molar-refractivity contribution is -0.135. The number of halogens is 1. The minimum atomic E-state index is -3.17. The normalized spacial score (nSPS) is 20.3. The maximum absolute atomic E-state index is 12.6. The molecule has 0 saturated carbocycles. The molecule has 0 aromatic heterocycles. The second-order valence-corrected chi connectivity index (χ2v) is 8.70. The Morgan fingerprint density at radius 3 is 2.15 bits per heavy atom. The molecule has 0 radical (unpaired) electrons. The number of piperazine rings is 1. The largest absolute Gasteiger partial charge is 0.355 e. The minimum Gasteiger partial charge on any atom is -0.355 e. The highest BCUT2D eigenvalue weighted by Gasteiger charge is 2.30. The van der Waals surface area contributed by atoms with Crippen LogP contribution < -0.4 is 10.0 Å². The Kier molecular flexibility index (Phi) is 10.3. The number of hydrogen-bond acceptors (Lipinski definition) is 5. The van der Waals surface area contributed by atoms with Gasteiger partial charge in [-0.25, -0.2) is 13.1 Å². The van der Waals surface area contributed by atoms with Crippen molar-refractivity contribution in [3.05, 3.63) is 0 Å². The van der Waals surface area contributed by atoms with Crippen LogP contribution in [0.3, 0.4) is 0 Å². The second-order valence-electron chi connectivity index (χ2n) is 6.87. The number of rotatable bonds is 6. The average molecular weight is 516 g/mol. The zero-order chi connectivity index (χ0) is 19.2. The summed E-state index contributed by atoms with van der Waals surface area (Å²) in [5, 5.41) is 3.18. The quantitative estimate of drug-likeness (QED) is 0.211. The van der Waals surface area contributed by atoms with Gasteiger partial charge in [0.25, 0.3) is 0 Å². The monoisotopic (exact) mass is 516 g/mol. The number of amides is 1. The zero-order valence-corrected chi connectivity index (χ0v) is 19.6. The summed E-state index contributed by atoms with van der Waals surface area (Å²) < 4.78 is 24.6. The van der Waals surface area contributed by atoms with Crippen LogP contribution in [0.25, 0.3) is 0 Å². The predicted octanol–water partition coefficient (Wildman–Crippen LogP) is -0.642. The molecule has 0 aromatic rings. The Labute approximate surface area is 180 Å². The number of guanidine groups is 1. The molecule has 1 unspecified atom stereocenters. The fourth-order valence-electron chi connectivity index (χ4n) is 3.42. The number of sulfonamides is 1. The van der Waals surface area contributed by atoms with Crippen LogP contribution in [0.2, 0.25) is 0 Å². The van der Waals surface area contributed by atoms with Crippen molar-refractivity contribution in [3.63, 3.8) is 0 Å². The second kappa shape index (κ2) is 11.4. The number of likely N-dealkylation sites (tertiary alicyclic amines) is 1. The maximum Gasteiger partial charge on any atom is 0.239 e. The van der Waals surface area contributed by atoms with E-state index in [1.165, 1.54) is 0 Å². The van der Waals surface area contributed by atoms with Crippen molar-refractivity contribution in [2.45, 2.75) is 25.8 Å². The summed E-state index contributed by atoms with van der Waals surface area (Å²) in [4.78, 5) is 23.2. The van der Waals surface area contributed by atoms with Crippen LogP contribution in [0.5, 0.6) is 0 Å². The molecule has 2 heterocycles. The van der Waals surface area contributed by atoms with Gasteiger partial charge in [-0.15, -0.1) is 24.0 Å². The molecule has 2 N–H and O–H groups in total. The van der Waals surface area contributed by atoms with Gasteiger partial charge in [-0.2, -0.15) is 0 Å². The molecule has 1 atom stereocenters. The lowest BCUT2D eigenvalue weighted by atomic mass is 10.2.